The van der Waals surface area contributed by atoms with Gasteiger partial charge in [-0.1, -0.05) is 26.0 Å². The van der Waals surface area contributed by atoms with Crippen molar-refractivity contribution in [2.75, 3.05) is 20.1 Å². The summed E-state index contributed by atoms with van der Waals surface area (Å²) in [6.07, 6.45) is 0.160. The molecule has 3 N–H and O–H groups in total. The van der Waals surface area contributed by atoms with Gasteiger partial charge in [0.2, 0.25) is 5.91 Å². The molecule has 2 aromatic rings. The molecule has 1 heterocycles. The third-order valence-electron chi connectivity index (χ3n) is 3.79. The number of nitrogens with zero attached hydrogens (tertiary/aromatic N) is 2. The van der Waals surface area contributed by atoms with E-state index in [0.29, 0.717) is 37.1 Å². The Kier molecular flexibility index (Phi) is 11.0. The molecule has 1 amide bonds. The zero-order chi connectivity index (χ0) is 19.6. The number of carbonyl (C=O) groups excluding carboxylic acids is 1. The minimum Gasteiger partial charge on any atom is -0.355 e. The van der Waals surface area contributed by atoms with E-state index >= 15 is 0 Å². The second-order valence-corrected chi connectivity index (χ2v) is 7.27. The number of aliphatic imine (C=N–C) groups is 1. The van der Waals surface area contributed by atoms with Crippen molar-refractivity contribution in [1.29, 1.82) is 0 Å². The van der Waals surface area contributed by atoms with E-state index < -0.39 is 0 Å². The Morgan fingerprint density at radius 2 is 2.00 bits per heavy atom. The highest BCUT2D eigenvalue weighted by molar-refractivity contribution is 14.0. The van der Waals surface area contributed by atoms with Crippen LogP contribution in [0.2, 0.25) is 0 Å². The molecule has 0 radical (unpaired) electrons. The number of hydrogen-bond donors (Lipinski definition) is 3. The summed E-state index contributed by atoms with van der Waals surface area (Å²) in [5, 5.41) is 12.2. The van der Waals surface area contributed by atoms with Gasteiger partial charge in [-0.25, -0.2) is 9.37 Å². The van der Waals surface area contributed by atoms with Crippen molar-refractivity contribution in [2.24, 2.45) is 4.99 Å². The van der Waals surface area contributed by atoms with Crippen molar-refractivity contribution < 1.29 is 9.18 Å². The first kappa shape index (κ1) is 24.3. The number of guanidine groups is 1. The summed E-state index contributed by atoms with van der Waals surface area (Å²) in [7, 11) is 1.69. The van der Waals surface area contributed by atoms with Crippen LogP contribution >= 0.6 is 35.3 Å². The zero-order valence-electron chi connectivity index (χ0n) is 16.3. The molecule has 2 rings (SSSR count). The van der Waals surface area contributed by atoms with E-state index in [1.165, 1.54) is 12.1 Å². The highest BCUT2D eigenvalue weighted by Crippen LogP contribution is 2.17. The number of rotatable bonds is 8. The lowest BCUT2D eigenvalue weighted by atomic mass is 10.1. The van der Waals surface area contributed by atoms with E-state index in [0.717, 1.165) is 10.7 Å². The fourth-order valence-corrected chi connectivity index (χ4v) is 3.22. The predicted molar refractivity (Wildman–Crippen MR) is 123 cm³/mol. The van der Waals surface area contributed by atoms with Crippen LogP contribution in [0.15, 0.2) is 34.6 Å². The Hall–Kier alpha value is -1.75. The standard InChI is InChI=1S/C19H26FN5OS.HI/c1-13(2)16-12-27-18(25-16)11-24-19(21-3)23-8-7-22-17(26)10-14-5-4-6-15(20)9-14;/h4-6,9,12-13H,7-8,10-11H2,1-3H3,(H,22,26)(H2,21,23,24);1H. The van der Waals surface area contributed by atoms with Gasteiger partial charge in [-0.15, -0.1) is 35.3 Å². The molecule has 0 aliphatic carbocycles. The molecule has 0 bridgehead atoms. The van der Waals surface area contributed by atoms with E-state index in [1.807, 2.05) is 0 Å². The monoisotopic (exact) mass is 519 g/mol. The van der Waals surface area contributed by atoms with Crippen LogP contribution in [0.1, 0.15) is 36.0 Å². The van der Waals surface area contributed by atoms with Gasteiger partial charge in [0.05, 0.1) is 18.7 Å². The van der Waals surface area contributed by atoms with E-state index in [-0.39, 0.29) is 42.1 Å². The average molecular weight is 519 g/mol. The van der Waals surface area contributed by atoms with Crippen LogP contribution in [0.25, 0.3) is 0 Å². The largest absolute Gasteiger partial charge is 0.355 e. The molecule has 1 aromatic heterocycles. The van der Waals surface area contributed by atoms with Crippen molar-refractivity contribution in [2.45, 2.75) is 32.7 Å². The van der Waals surface area contributed by atoms with Crippen molar-refractivity contribution in [3.63, 3.8) is 0 Å². The normalized spacial score (nSPS) is 11.1. The van der Waals surface area contributed by atoms with Crippen LogP contribution in [0.3, 0.4) is 0 Å². The van der Waals surface area contributed by atoms with Gasteiger partial charge in [-0.2, -0.15) is 0 Å². The van der Waals surface area contributed by atoms with Gasteiger partial charge in [0.25, 0.3) is 0 Å². The molecule has 0 spiro atoms. The van der Waals surface area contributed by atoms with Gasteiger partial charge in [0.1, 0.15) is 10.8 Å². The third-order valence-corrected chi connectivity index (χ3v) is 4.65. The molecule has 6 nitrogen and oxygen atoms in total. The first-order valence-electron chi connectivity index (χ1n) is 8.88. The lowest BCUT2D eigenvalue weighted by molar-refractivity contribution is -0.120. The molecule has 0 atom stereocenters. The van der Waals surface area contributed by atoms with Gasteiger partial charge in [0.15, 0.2) is 5.96 Å². The highest BCUT2D eigenvalue weighted by Gasteiger charge is 2.07. The van der Waals surface area contributed by atoms with Crippen molar-refractivity contribution >= 4 is 47.2 Å². The lowest BCUT2D eigenvalue weighted by Crippen LogP contribution is -2.41. The summed E-state index contributed by atoms with van der Waals surface area (Å²) in [5.74, 6) is 0.589. The first-order chi connectivity index (χ1) is 13.0. The number of thiazole rings is 1. The molecule has 1 aromatic carbocycles. The topological polar surface area (TPSA) is 78.4 Å². The van der Waals surface area contributed by atoms with Crippen LogP contribution in [0.5, 0.6) is 0 Å². The number of nitrogens with one attached hydrogen (secondary N) is 3. The summed E-state index contributed by atoms with van der Waals surface area (Å²) in [5.41, 5.74) is 1.75. The van der Waals surface area contributed by atoms with Crippen molar-refractivity contribution in [3.05, 3.63) is 51.7 Å². The SMILES string of the molecule is CN=C(NCCNC(=O)Cc1cccc(F)c1)NCc1nc(C(C)C)cs1.I. The number of aromatic nitrogens is 1. The van der Waals surface area contributed by atoms with Gasteiger partial charge in [-0.3, -0.25) is 9.79 Å². The number of amides is 1. The van der Waals surface area contributed by atoms with Crippen molar-refractivity contribution in [3.8, 4) is 0 Å². The number of halogens is 2. The minimum absolute atomic E-state index is 0. The van der Waals surface area contributed by atoms with Gasteiger partial charge in [0, 0.05) is 25.5 Å². The van der Waals surface area contributed by atoms with E-state index in [1.54, 1.807) is 30.5 Å². The molecule has 0 aliphatic heterocycles. The molecule has 154 valence electrons. The molecule has 0 unspecified atom stereocenters. The fourth-order valence-electron chi connectivity index (χ4n) is 2.33. The fraction of sp³-hybridized carbons (Fsp3) is 0.421. The van der Waals surface area contributed by atoms with Crippen LogP contribution in [0, 0.1) is 5.82 Å². The molecule has 0 fully saturated rings. The molecular weight excluding hydrogens is 492 g/mol. The molecule has 0 saturated carbocycles. The summed E-state index contributed by atoms with van der Waals surface area (Å²) >= 11 is 1.62. The van der Waals surface area contributed by atoms with Crippen LogP contribution in [0.4, 0.5) is 4.39 Å². The average Bonchev–Trinajstić information content (AvgIpc) is 3.10. The molecular formula is C19H27FIN5OS. The summed E-state index contributed by atoms with van der Waals surface area (Å²) in [6, 6.07) is 6.06. The van der Waals surface area contributed by atoms with Crippen LogP contribution in [-0.4, -0.2) is 37.0 Å². The van der Waals surface area contributed by atoms with E-state index in [4.69, 9.17) is 0 Å². The Morgan fingerprint density at radius 3 is 2.64 bits per heavy atom. The van der Waals surface area contributed by atoms with E-state index in [9.17, 15) is 9.18 Å². The van der Waals surface area contributed by atoms with E-state index in [2.05, 4.69) is 45.2 Å². The quantitative estimate of drug-likeness (QED) is 0.217. The maximum atomic E-state index is 13.1. The van der Waals surface area contributed by atoms with Crippen LogP contribution in [-0.2, 0) is 17.8 Å². The number of hydrogen-bond acceptors (Lipinski definition) is 4. The second kappa shape index (κ2) is 12.7. The molecule has 0 aliphatic rings. The molecule has 0 saturated heterocycles. The van der Waals surface area contributed by atoms with Gasteiger partial charge >= 0.3 is 0 Å². The molecule has 28 heavy (non-hydrogen) atoms. The number of carbonyl (C=O) groups is 1. The van der Waals surface area contributed by atoms with Crippen molar-refractivity contribution in [1.82, 2.24) is 20.9 Å². The Balaban J connectivity index is 0.00000392. The molecule has 9 heteroatoms. The second-order valence-electron chi connectivity index (χ2n) is 6.33. The Morgan fingerprint density at radius 1 is 1.25 bits per heavy atom. The van der Waals surface area contributed by atoms with Gasteiger partial charge in [-0.05, 0) is 23.6 Å². The highest BCUT2D eigenvalue weighted by atomic mass is 127. The summed E-state index contributed by atoms with van der Waals surface area (Å²) in [4.78, 5) is 20.6. The maximum Gasteiger partial charge on any atom is 0.224 e. The smallest absolute Gasteiger partial charge is 0.224 e. The summed E-state index contributed by atoms with van der Waals surface area (Å²) in [6.45, 7) is 5.82. The van der Waals surface area contributed by atoms with Gasteiger partial charge < -0.3 is 16.0 Å². The van der Waals surface area contributed by atoms with Crippen LogP contribution < -0.4 is 16.0 Å². The minimum atomic E-state index is -0.336. The number of benzene rings is 1. The summed E-state index contributed by atoms with van der Waals surface area (Å²) < 4.78 is 13.1. The maximum absolute atomic E-state index is 13.1. The lowest BCUT2D eigenvalue weighted by Gasteiger charge is -2.11. The Bertz CT molecular complexity index is 781. The predicted octanol–water partition coefficient (Wildman–Crippen LogP) is 3.05. The zero-order valence-corrected chi connectivity index (χ0v) is 19.4. The first-order valence-corrected chi connectivity index (χ1v) is 9.76. The Labute approximate surface area is 186 Å². The third kappa shape index (κ3) is 8.51.